The van der Waals surface area contributed by atoms with E-state index in [1.807, 2.05) is 55.5 Å². The molecule has 0 bridgehead atoms. The maximum Gasteiger partial charge on any atom is 0.308 e. The minimum absolute atomic E-state index is 0.0715. The van der Waals surface area contributed by atoms with Gasteiger partial charge in [-0.3, -0.25) is 23.7 Å². The van der Waals surface area contributed by atoms with Crippen LogP contribution in [-0.2, 0) is 26.3 Å². The number of aryl methyl sites for hydroxylation is 1. The number of methoxy groups -OCH3 is 1. The summed E-state index contributed by atoms with van der Waals surface area (Å²) in [4.78, 5) is 56.3. The molecule has 10 heteroatoms. The third-order valence-electron chi connectivity index (χ3n) is 8.15. The molecule has 1 fully saturated rings. The topological polar surface area (TPSA) is 97.7 Å². The zero-order valence-electron chi connectivity index (χ0n) is 25.1. The van der Waals surface area contributed by atoms with Crippen molar-refractivity contribution in [3.63, 3.8) is 0 Å². The second kappa shape index (κ2) is 11.4. The monoisotopic (exact) mass is 627 g/mol. The van der Waals surface area contributed by atoms with Gasteiger partial charge < -0.3 is 10.1 Å². The molecule has 8 nitrogen and oxygen atoms in total. The van der Waals surface area contributed by atoms with Gasteiger partial charge in [0.15, 0.2) is 0 Å². The maximum atomic E-state index is 14.1. The van der Waals surface area contributed by atoms with Gasteiger partial charge in [0.25, 0.3) is 0 Å². The van der Waals surface area contributed by atoms with E-state index in [1.165, 1.54) is 21.2 Å². The van der Waals surface area contributed by atoms with Gasteiger partial charge in [0.2, 0.25) is 17.7 Å². The normalized spacial score (nSPS) is 19.5. The van der Waals surface area contributed by atoms with Crippen LogP contribution < -0.4 is 19.8 Å². The second-order valence-electron chi connectivity index (χ2n) is 12.2. The van der Waals surface area contributed by atoms with Gasteiger partial charge in [-0.05, 0) is 59.9 Å². The highest BCUT2D eigenvalue weighted by molar-refractivity contribution is 8.00. The number of amides is 3. The molecule has 2 aliphatic heterocycles. The molecule has 0 saturated carbocycles. The molecule has 1 saturated heterocycles. The van der Waals surface area contributed by atoms with Crippen LogP contribution in [-0.4, -0.2) is 34.6 Å². The number of anilines is 2. The fourth-order valence-electron chi connectivity index (χ4n) is 5.77. The molecule has 0 spiro atoms. The molecule has 1 aromatic heterocycles. The standard InChI is InChI=1S/C34H33N3O5S2/c1-19-6-12-22(13-7-19)35-25(38)18-36-32-29(44-33(36)41)26(20-8-10-21(11-9-20)34(2,3)4)27-28(43-32)31(40)37(30(27)39)23-14-16-24(42-5)17-15-23/h6-17,26-28H,18H2,1-5H3,(H,35,38)/t26-,27?,28?/m1/s1. The average Bonchev–Trinajstić information content (AvgIpc) is 3.44. The number of hydrogen-bond donors (Lipinski definition) is 1. The Labute approximate surface area is 264 Å². The smallest absolute Gasteiger partial charge is 0.308 e. The first-order valence-electron chi connectivity index (χ1n) is 14.4. The Hall–Kier alpha value is -4.15. The van der Waals surface area contributed by atoms with Gasteiger partial charge in [-0.15, -0.1) is 0 Å². The van der Waals surface area contributed by atoms with E-state index in [1.54, 1.807) is 31.4 Å². The minimum atomic E-state index is -0.759. The highest BCUT2D eigenvalue weighted by Crippen LogP contribution is 2.54. The van der Waals surface area contributed by atoms with Crippen molar-refractivity contribution in [2.45, 2.75) is 55.8 Å². The number of rotatable bonds is 6. The number of carbonyl (C=O) groups excluding carboxylic acids is 3. The third kappa shape index (κ3) is 5.37. The lowest BCUT2D eigenvalue weighted by atomic mass is 9.81. The number of thioether (sulfide) groups is 1. The number of nitrogens with zero attached hydrogens (tertiary/aromatic N) is 2. The molecule has 3 amide bonds. The van der Waals surface area contributed by atoms with Crippen LogP contribution in [0.25, 0.3) is 0 Å². The largest absolute Gasteiger partial charge is 0.497 e. The van der Waals surface area contributed by atoms with Crippen LogP contribution in [0.5, 0.6) is 5.75 Å². The molecule has 3 atom stereocenters. The van der Waals surface area contributed by atoms with Crippen molar-refractivity contribution in [3.8, 4) is 5.75 Å². The quantitative estimate of drug-likeness (QED) is 0.265. The van der Waals surface area contributed by atoms with Crippen LogP contribution in [0, 0.1) is 12.8 Å². The summed E-state index contributed by atoms with van der Waals surface area (Å²) in [6, 6.07) is 22.3. The van der Waals surface area contributed by atoms with Crippen LogP contribution in [0.3, 0.4) is 0 Å². The number of nitrogens with one attached hydrogen (secondary N) is 1. The average molecular weight is 628 g/mol. The lowest BCUT2D eigenvalue weighted by Crippen LogP contribution is -2.33. The van der Waals surface area contributed by atoms with Crippen molar-refractivity contribution in [1.82, 2.24) is 4.57 Å². The Balaban J connectivity index is 1.41. The van der Waals surface area contributed by atoms with Gasteiger partial charge in [0.05, 0.1) is 23.7 Å². The zero-order chi connectivity index (χ0) is 31.3. The number of imide groups is 1. The molecule has 3 aromatic carbocycles. The number of carbonyl (C=O) groups is 3. The van der Waals surface area contributed by atoms with Crippen molar-refractivity contribution < 1.29 is 19.1 Å². The van der Waals surface area contributed by atoms with Crippen LogP contribution in [0.4, 0.5) is 11.4 Å². The van der Waals surface area contributed by atoms with Gasteiger partial charge >= 0.3 is 4.87 Å². The highest BCUT2D eigenvalue weighted by atomic mass is 32.2. The lowest BCUT2D eigenvalue weighted by molar-refractivity contribution is -0.122. The molecule has 3 heterocycles. The van der Waals surface area contributed by atoms with E-state index >= 15 is 0 Å². The van der Waals surface area contributed by atoms with Gasteiger partial charge in [-0.25, -0.2) is 4.90 Å². The predicted octanol–water partition coefficient (Wildman–Crippen LogP) is 5.96. The van der Waals surface area contributed by atoms with E-state index in [0.717, 1.165) is 28.0 Å². The number of thiazole rings is 1. The van der Waals surface area contributed by atoms with Crippen LogP contribution in [0.2, 0.25) is 0 Å². The Morgan fingerprint density at radius 3 is 2.18 bits per heavy atom. The molecule has 6 rings (SSSR count). The van der Waals surface area contributed by atoms with E-state index < -0.39 is 17.1 Å². The summed E-state index contributed by atoms with van der Waals surface area (Å²) in [6.45, 7) is 8.15. The van der Waals surface area contributed by atoms with Crippen LogP contribution >= 0.6 is 23.1 Å². The SMILES string of the molecule is COc1ccc(N2C(=O)C3Sc4c(sc(=O)n4CC(=O)Nc4ccc(C)cc4)[C@H](c4ccc(C(C)(C)C)cc4)C3C2=O)cc1. The molecule has 226 valence electrons. The first-order chi connectivity index (χ1) is 21.0. The first kappa shape index (κ1) is 29.9. The highest BCUT2D eigenvalue weighted by Gasteiger charge is 2.56. The van der Waals surface area contributed by atoms with E-state index in [9.17, 15) is 19.2 Å². The molecule has 2 unspecified atom stereocenters. The summed E-state index contributed by atoms with van der Waals surface area (Å²) >= 11 is 2.25. The Morgan fingerprint density at radius 1 is 0.909 bits per heavy atom. The van der Waals surface area contributed by atoms with E-state index in [4.69, 9.17) is 4.74 Å². The number of fused-ring (bicyclic) bond motifs is 2. The predicted molar refractivity (Wildman–Crippen MR) is 174 cm³/mol. The van der Waals surface area contributed by atoms with Gasteiger partial charge in [-0.1, -0.05) is 85.8 Å². The molecular weight excluding hydrogens is 595 g/mol. The molecule has 44 heavy (non-hydrogen) atoms. The molecule has 1 N–H and O–H groups in total. The fourth-order valence-corrected chi connectivity index (χ4v) is 8.54. The molecule has 4 aromatic rings. The van der Waals surface area contributed by atoms with E-state index in [-0.39, 0.29) is 34.6 Å². The summed E-state index contributed by atoms with van der Waals surface area (Å²) in [6.07, 6.45) is 0. The Kier molecular flexibility index (Phi) is 7.75. The number of ether oxygens (including phenoxy) is 1. The maximum absolute atomic E-state index is 14.1. The lowest BCUT2D eigenvalue weighted by Gasteiger charge is -2.31. The summed E-state index contributed by atoms with van der Waals surface area (Å²) in [5.74, 6) is -1.62. The molecular formula is C34H33N3O5S2. The summed E-state index contributed by atoms with van der Waals surface area (Å²) in [5.41, 5.74) is 4.08. The molecule has 0 radical (unpaired) electrons. The van der Waals surface area contributed by atoms with Gasteiger partial charge in [0, 0.05) is 16.5 Å². The van der Waals surface area contributed by atoms with E-state index in [2.05, 4.69) is 26.1 Å². The molecule has 0 aliphatic carbocycles. The van der Waals surface area contributed by atoms with Crippen molar-refractivity contribution >= 4 is 52.2 Å². The number of hydrogen-bond acceptors (Lipinski definition) is 7. The van der Waals surface area contributed by atoms with Crippen molar-refractivity contribution in [1.29, 1.82) is 0 Å². The number of aromatic nitrogens is 1. The van der Waals surface area contributed by atoms with Crippen molar-refractivity contribution in [2.24, 2.45) is 5.92 Å². The first-order valence-corrected chi connectivity index (χ1v) is 16.0. The zero-order valence-corrected chi connectivity index (χ0v) is 26.8. The summed E-state index contributed by atoms with van der Waals surface area (Å²) in [5, 5.41) is 2.66. The second-order valence-corrected chi connectivity index (χ2v) is 14.3. The number of benzene rings is 3. The minimum Gasteiger partial charge on any atom is -0.497 e. The molecule has 2 aliphatic rings. The van der Waals surface area contributed by atoms with Crippen LogP contribution in [0.1, 0.15) is 48.3 Å². The Bertz CT molecular complexity index is 1800. The Morgan fingerprint density at radius 2 is 1.57 bits per heavy atom. The van der Waals surface area contributed by atoms with Crippen LogP contribution in [0.15, 0.2) is 82.6 Å². The fraction of sp³-hybridized carbons (Fsp3) is 0.294. The summed E-state index contributed by atoms with van der Waals surface area (Å²) < 4.78 is 6.70. The van der Waals surface area contributed by atoms with Gasteiger partial charge in [0.1, 0.15) is 17.5 Å². The van der Waals surface area contributed by atoms with Crippen molar-refractivity contribution in [3.05, 3.63) is 104 Å². The van der Waals surface area contributed by atoms with Crippen molar-refractivity contribution in [2.75, 3.05) is 17.3 Å². The van der Waals surface area contributed by atoms with Gasteiger partial charge in [-0.2, -0.15) is 0 Å². The third-order valence-corrected chi connectivity index (χ3v) is 10.8. The summed E-state index contributed by atoms with van der Waals surface area (Å²) in [7, 11) is 1.56. The van der Waals surface area contributed by atoms with E-state index in [0.29, 0.717) is 27.0 Å².